The minimum absolute atomic E-state index is 0.00628. The topological polar surface area (TPSA) is 155 Å². The molecule has 1 aromatic carbocycles. The highest BCUT2D eigenvalue weighted by molar-refractivity contribution is 5.96. The number of aryl methyl sites for hydroxylation is 2. The first-order valence-electron chi connectivity index (χ1n) is 14.1. The lowest BCUT2D eigenvalue weighted by molar-refractivity contribution is -0.134. The quantitative estimate of drug-likeness (QED) is 0.144. The van der Waals surface area contributed by atoms with Gasteiger partial charge in [-0.15, -0.1) is 5.10 Å². The number of imidazole rings is 1. The van der Waals surface area contributed by atoms with Crippen LogP contribution in [0.3, 0.4) is 0 Å². The summed E-state index contributed by atoms with van der Waals surface area (Å²) >= 11 is 0. The highest BCUT2D eigenvalue weighted by Gasteiger charge is 2.31. The first-order valence-corrected chi connectivity index (χ1v) is 14.1. The number of fused-ring (bicyclic) bond motifs is 1. The molecule has 4 rings (SSSR count). The van der Waals surface area contributed by atoms with Crippen molar-refractivity contribution in [3.05, 3.63) is 69.6 Å². The minimum atomic E-state index is -0.810. The zero-order chi connectivity index (χ0) is 29.7. The van der Waals surface area contributed by atoms with Gasteiger partial charge in [-0.05, 0) is 69.6 Å². The van der Waals surface area contributed by atoms with Gasteiger partial charge in [-0.1, -0.05) is 48.8 Å². The number of carbonyl (C=O) groups is 2. The molecule has 11 heteroatoms. The van der Waals surface area contributed by atoms with Gasteiger partial charge in [0, 0.05) is 24.4 Å². The van der Waals surface area contributed by atoms with E-state index < -0.39 is 17.6 Å². The van der Waals surface area contributed by atoms with Crippen molar-refractivity contribution in [2.24, 2.45) is 11.7 Å². The molecule has 0 spiro atoms. The van der Waals surface area contributed by atoms with E-state index in [0.29, 0.717) is 11.3 Å². The minimum Gasteiger partial charge on any atom is -0.507 e. The molecule has 1 aliphatic carbocycles. The summed E-state index contributed by atoms with van der Waals surface area (Å²) in [7, 11) is 0. The summed E-state index contributed by atoms with van der Waals surface area (Å²) in [4.78, 5) is 41.1. The zero-order valence-corrected chi connectivity index (χ0v) is 23.9. The van der Waals surface area contributed by atoms with Crippen molar-refractivity contribution < 1.29 is 19.4 Å². The Morgan fingerprint density at radius 3 is 2.73 bits per heavy atom. The number of phenols is 1. The van der Waals surface area contributed by atoms with Crippen LogP contribution < -0.4 is 16.2 Å². The number of unbranched alkanes of at least 4 members (excludes halogenated alkanes) is 2. The van der Waals surface area contributed by atoms with Crippen molar-refractivity contribution >= 4 is 17.5 Å². The van der Waals surface area contributed by atoms with Crippen LogP contribution in [-0.2, 0) is 17.8 Å². The van der Waals surface area contributed by atoms with Crippen LogP contribution in [0.1, 0.15) is 93.3 Å². The number of hydrogen-bond acceptors (Lipinski definition) is 8. The average molecular weight is 563 g/mol. The van der Waals surface area contributed by atoms with Crippen molar-refractivity contribution in [2.75, 3.05) is 0 Å². The smallest absolute Gasteiger partial charge is 0.352 e. The number of hydrogen-bond donors (Lipinski definition) is 2. The first-order chi connectivity index (χ1) is 19.6. The Hall–Kier alpha value is -4.28. The summed E-state index contributed by atoms with van der Waals surface area (Å²) < 4.78 is 8.08. The summed E-state index contributed by atoms with van der Waals surface area (Å²) in [5.41, 5.74) is 8.30. The summed E-state index contributed by atoms with van der Waals surface area (Å²) in [6.07, 6.45) is 9.31. The fourth-order valence-corrected chi connectivity index (χ4v) is 5.41. The van der Waals surface area contributed by atoms with E-state index >= 15 is 0 Å². The van der Waals surface area contributed by atoms with Crippen molar-refractivity contribution in [3.63, 3.8) is 0 Å². The number of phenolic OH excluding ortho intramolecular Hbond substituents is 1. The number of carbonyl (C=O) groups excluding carboxylic acids is 2. The van der Waals surface area contributed by atoms with Crippen LogP contribution >= 0.6 is 0 Å². The third-order valence-corrected chi connectivity index (χ3v) is 7.59. The third-order valence-electron chi connectivity index (χ3n) is 7.59. The van der Waals surface area contributed by atoms with E-state index in [2.05, 4.69) is 41.8 Å². The van der Waals surface area contributed by atoms with Crippen molar-refractivity contribution in [1.29, 1.82) is 0 Å². The number of benzene rings is 1. The number of primary amides is 1. The molecule has 0 saturated heterocycles. The largest absolute Gasteiger partial charge is 0.507 e. The van der Waals surface area contributed by atoms with Gasteiger partial charge in [0.15, 0.2) is 11.3 Å². The highest BCUT2D eigenvalue weighted by atomic mass is 16.5. The van der Waals surface area contributed by atoms with Gasteiger partial charge < -0.3 is 15.6 Å². The van der Waals surface area contributed by atoms with E-state index in [1.165, 1.54) is 11.9 Å². The standard InChI is InChI=1S/C30H38N6O5/c1-5-6-7-9-20-15-23(37)26(22-14-19(4)11-12-21(22)18(2)3)24(16-20)41-25(38)10-8-13-36-30(40)35-17-32-27(28(31)39)29(35)33-34-36/h14-17,21-22,37H,2,5-13H2,1,3-4H3,(H2,31,39)/t21-,22+/m0/s1. The summed E-state index contributed by atoms with van der Waals surface area (Å²) in [5, 5.41) is 19.0. The van der Waals surface area contributed by atoms with E-state index in [1.807, 2.05) is 13.0 Å². The second-order valence-corrected chi connectivity index (χ2v) is 10.8. The number of esters is 1. The van der Waals surface area contributed by atoms with E-state index in [-0.39, 0.29) is 48.3 Å². The summed E-state index contributed by atoms with van der Waals surface area (Å²) in [6, 6.07) is 3.66. The predicted octanol–water partition coefficient (Wildman–Crippen LogP) is 4.23. The third kappa shape index (κ3) is 6.72. The molecule has 11 nitrogen and oxygen atoms in total. The molecular formula is C30H38N6O5. The number of nitrogens with two attached hydrogens (primary N) is 1. The monoisotopic (exact) mass is 562 g/mol. The molecular weight excluding hydrogens is 524 g/mol. The van der Waals surface area contributed by atoms with Crippen molar-refractivity contribution in [1.82, 2.24) is 24.4 Å². The molecule has 0 fully saturated rings. The number of rotatable bonds is 12. The molecule has 0 saturated carbocycles. The lowest BCUT2D eigenvalue weighted by Gasteiger charge is -2.32. The second-order valence-electron chi connectivity index (χ2n) is 10.8. The Balaban J connectivity index is 1.54. The fourth-order valence-electron chi connectivity index (χ4n) is 5.41. The molecule has 41 heavy (non-hydrogen) atoms. The predicted molar refractivity (Wildman–Crippen MR) is 154 cm³/mol. The highest BCUT2D eigenvalue weighted by Crippen LogP contribution is 2.47. The van der Waals surface area contributed by atoms with E-state index in [0.717, 1.165) is 58.7 Å². The number of nitrogens with zero attached hydrogens (tertiary/aromatic N) is 5. The Kier molecular flexibility index (Phi) is 9.36. The molecule has 0 aliphatic heterocycles. The van der Waals surface area contributed by atoms with Crippen molar-refractivity contribution in [3.8, 4) is 11.5 Å². The molecule has 1 amide bonds. The normalized spacial score (nSPS) is 16.9. The van der Waals surface area contributed by atoms with Crippen LogP contribution in [0.5, 0.6) is 11.5 Å². The van der Waals surface area contributed by atoms with Crippen LogP contribution in [0.4, 0.5) is 0 Å². The van der Waals surface area contributed by atoms with Crippen molar-refractivity contribution in [2.45, 2.75) is 84.6 Å². The van der Waals surface area contributed by atoms with Gasteiger partial charge >= 0.3 is 11.7 Å². The van der Waals surface area contributed by atoms with Gasteiger partial charge in [0.2, 0.25) is 0 Å². The van der Waals surface area contributed by atoms with E-state index in [9.17, 15) is 19.5 Å². The number of allylic oxidation sites excluding steroid dienone is 3. The molecule has 2 aromatic heterocycles. The molecule has 0 bridgehead atoms. The summed E-state index contributed by atoms with van der Waals surface area (Å²) in [5.74, 6) is -0.855. The van der Waals surface area contributed by atoms with Gasteiger partial charge in [0.1, 0.15) is 17.8 Å². The first kappa shape index (κ1) is 29.7. The lowest BCUT2D eigenvalue weighted by Crippen LogP contribution is -2.30. The lowest BCUT2D eigenvalue weighted by atomic mass is 9.73. The number of ether oxygens (including phenoxy) is 1. The second kappa shape index (κ2) is 12.9. The molecule has 1 aliphatic rings. The SMILES string of the molecule is C=C(C)[C@@H]1CCC(C)=C[C@H]1c1c(O)cc(CCCCC)cc1OC(=O)CCCn1nnc2c(C(N)=O)ncn2c1=O. The maximum atomic E-state index is 13.0. The Morgan fingerprint density at radius 2 is 2.02 bits per heavy atom. The van der Waals surface area contributed by atoms with Crippen LogP contribution in [0.15, 0.2) is 47.1 Å². The van der Waals surface area contributed by atoms with Crippen LogP contribution in [-0.4, -0.2) is 41.4 Å². The molecule has 3 aromatic rings. The molecule has 218 valence electrons. The van der Waals surface area contributed by atoms with Gasteiger partial charge in [-0.3, -0.25) is 9.59 Å². The molecule has 3 N–H and O–H groups in total. The zero-order valence-electron chi connectivity index (χ0n) is 23.9. The Bertz CT molecular complexity index is 1550. The summed E-state index contributed by atoms with van der Waals surface area (Å²) in [6.45, 7) is 10.5. The fraction of sp³-hybridized carbons (Fsp3) is 0.467. The van der Waals surface area contributed by atoms with Crippen LogP contribution in [0.2, 0.25) is 0 Å². The molecule has 0 unspecified atom stereocenters. The van der Waals surface area contributed by atoms with Crippen LogP contribution in [0.25, 0.3) is 5.65 Å². The molecule has 0 radical (unpaired) electrons. The van der Waals surface area contributed by atoms with Crippen LogP contribution in [0, 0.1) is 5.92 Å². The van der Waals surface area contributed by atoms with Gasteiger partial charge in [0.05, 0.1) is 0 Å². The van der Waals surface area contributed by atoms with E-state index in [4.69, 9.17) is 10.5 Å². The van der Waals surface area contributed by atoms with Gasteiger partial charge in [0.25, 0.3) is 5.91 Å². The molecule has 2 heterocycles. The van der Waals surface area contributed by atoms with Gasteiger partial charge in [-0.25, -0.2) is 14.2 Å². The van der Waals surface area contributed by atoms with Gasteiger partial charge in [-0.2, -0.15) is 4.68 Å². The van der Waals surface area contributed by atoms with E-state index in [1.54, 1.807) is 6.07 Å². The Morgan fingerprint density at radius 1 is 1.24 bits per heavy atom. The maximum Gasteiger partial charge on any atom is 0.352 e. The number of amides is 1. The number of aromatic hydroxyl groups is 1. The molecule has 2 atom stereocenters. The average Bonchev–Trinajstić information content (AvgIpc) is 3.35. The number of aromatic nitrogens is 5. The maximum absolute atomic E-state index is 13.0. The Labute approximate surface area is 238 Å².